The molecule has 2 nitrogen and oxygen atoms in total. The first-order valence-electron chi connectivity index (χ1n) is 6.15. The molecule has 0 aliphatic heterocycles. The molecule has 2 heteroatoms. The monoisotopic (exact) mass is 235 g/mol. The van der Waals surface area contributed by atoms with Gasteiger partial charge < -0.3 is 10.5 Å². The Labute approximate surface area is 105 Å². The van der Waals surface area contributed by atoms with E-state index in [0.717, 1.165) is 17.7 Å². The molecule has 0 aliphatic rings. The average molecular weight is 235 g/mol. The number of ether oxygens (including phenoxy) is 1. The Morgan fingerprint density at radius 1 is 1.18 bits per heavy atom. The quantitative estimate of drug-likeness (QED) is 0.866. The number of methoxy groups -OCH3 is 1. The lowest BCUT2D eigenvalue weighted by Crippen LogP contribution is -2.19. The number of hydrogen-bond acceptors (Lipinski definition) is 2. The average Bonchev–Trinajstić information content (AvgIpc) is 2.18. The molecule has 0 amide bonds. The standard InChI is InChI=1S/C15H25NO/c1-10-7-12(13(16)9-15(3,4)5)14(17-6)8-11(10)2/h7-8,13H,9,16H2,1-6H3. The largest absolute Gasteiger partial charge is 0.496 e. The van der Waals surface area contributed by atoms with Crippen molar-refractivity contribution in [2.45, 2.75) is 47.1 Å². The van der Waals surface area contributed by atoms with Crippen molar-refractivity contribution in [3.63, 3.8) is 0 Å². The second-order valence-electron chi connectivity index (χ2n) is 6.05. The molecule has 0 aliphatic carbocycles. The minimum Gasteiger partial charge on any atom is -0.496 e. The number of benzene rings is 1. The zero-order valence-electron chi connectivity index (χ0n) is 11.9. The van der Waals surface area contributed by atoms with E-state index in [1.54, 1.807) is 7.11 Å². The van der Waals surface area contributed by atoms with Crippen molar-refractivity contribution in [3.8, 4) is 5.75 Å². The summed E-state index contributed by atoms with van der Waals surface area (Å²) in [5.41, 5.74) is 10.2. The summed E-state index contributed by atoms with van der Waals surface area (Å²) in [5.74, 6) is 0.907. The molecule has 0 spiro atoms. The number of hydrogen-bond donors (Lipinski definition) is 1. The second-order valence-corrected chi connectivity index (χ2v) is 6.05. The zero-order chi connectivity index (χ0) is 13.2. The van der Waals surface area contributed by atoms with Crippen molar-refractivity contribution in [1.29, 1.82) is 0 Å². The topological polar surface area (TPSA) is 35.2 Å². The van der Waals surface area contributed by atoms with Gasteiger partial charge in [-0.3, -0.25) is 0 Å². The van der Waals surface area contributed by atoms with Crippen LogP contribution >= 0.6 is 0 Å². The van der Waals surface area contributed by atoms with Crippen LogP contribution in [0.15, 0.2) is 12.1 Å². The Balaban J connectivity index is 3.08. The van der Waals surface area contributed by atoms with Gasteiger partial charge in [-0.1, -0.05) is 26.8 Å². The van der Waals surface area contributed by atoms with Crippen molar-refractivity contribution in [2.75, 3.05) is 7.11 Å². The van der Waals surface area contributed by atoms with E-state index in [2.05, 4.69) is 46.8 Å². The maximum Gasteiger partial charge on any atom is 0.123 e. The number of nitrogens with two attached hydrogens (primary N) is 1. The highest BCUT2D eigenvalue weighted by Gasteiger charge is 2.20. The van der Waals surface area contributed by atoms with Gasteiger partial charge in [0.2, 0.25) is 0 Å². The van der Waals surface area contributed by atoms with Gasteiger partial charge in [0.1, 0.15) is 5.75 Å². The summed E-state index contributed by atoms with van der Waals surface area (Å²) in [7, 11) is 1.71. The van der Waals surface area contributed by atoms with Crippen LogP contribution in [0.4, 0.5) is 0 Å². The van der Waals surface area contributed by atoms with Crippen LogP contribution < -0.4 is 10.5 Å². The maximum absolute atomic E-state index is 6.30. The fourth-order valence-electron chi connectivity index (χ4n) is 2.05. The molecule has 2 N–H and O–H groups in total. The van der Waals surface area contributed by atoms with Gasteiger partial charge in [-0.25, -0.2) is 0 Å². The SMILES string of the molecule is COc1cc(C)c(C)cc1C(N)CC(C)(C)C. The van der Waals surface area contributed by atoms with E-state index in [9.17, 15) is 0 Å². The van der Waals surface area contributed by atoms with E-state index >= 15 is 0 Å². The van der Waals surface area contributed by atoms with Crippen LogP contribution in [0.25, 0.3) is 0 Å². The van der Waals surface area contributed by atoms with E-state index in [1.165, 1.54) is 11.1 Å². The van der Waals surface area contributed by atoms with E-state index in [-0.39, 0.29) is 11.5 Å². The summed E-state index contributed by atoms with van der Waals surface area (Å²) in [6.07, 6.45) is 0.950. The molecule has 1 rings (SSSR count). The van der Waals surface area contributed by atoms with Crippen molar-refractivity contribution in [2.24, 2.45) is 11.1 Å². The minimum absolute atomic E-state index is 0.0317. The van der Waals surface area contributed by atoms with Crippen LogP contribution in [0.5, 0.6) is 5.75 Å². The minimum atomic E-state index is 0.0317. The highest BCUT2D eigenvalue weighted by atomic mass is 16.5. The third-order valence-electron chi connectivity index (χ3n) is 3.08. The van der Waals surface area contributed by atoms with Gasteiger partial charge in [0.15, 0.2) is 0 Å². The lowest BCUT2D eigenvalue weighted by molar-refractivity contribution is 0.334. The molecular weight excluding hydrogens is 210 g/mol. The summed E-state index contributed by atoms with van der Waals surface area (Å²) in [6, 6.07) is 4.27. The van der Waals surface area contributed by atoms with E-state index < -0.39 is 0 Å². The normalized spacial score (nSPS) is 13.6. The molecule has 17 heavy (non-hydrogen) atoms. The predicted octanol–water partition coefficient (Wildman–Crippen LogP) is 3.75. The molecule has 1 atom stereocenters. The summed E-state index contributed by atoms with van der Waals surface area (Å²) in [6.45, 7) is 10.8. The van der Waals surface area contributed by atoms with E-state index in [4.69, 9.17) is 10.5 Å². The Morgan fingerprint density at radius 3 is 2.18 bits per heavy atom. The second kappa shape index (κ2) is 5.09. The van der Waals surface area contributed by atoms with E-state index in [1.807, 2.05) is 0 Å². The predicted molar refractivity (Wildman–Crippen MR) is 73.5 cm³/mol. The Bertz CT molecular complexity index is 391. The molecule has 0 saturated heterocycles. The Kier molecular flexibility index (Phi) is 4.21. The van der Waals surface area contributed by atoms with E-state index in [0.29, 0.717) is 0 Å². The zero-order valence-corrected chi connectivity index (χ0v) is 11.9. The molecule has 1 unspecified atom stereocenters. The molecule has 1 aromatic rings. The first-order chi connectivity index (χ1) is 7.74. The summed E-state index contributed by atoms with van der Waals surface area (Å²) >= 11 is 0. The third-order valence-corrected chi connectivity index (χ3v) is 3.08. The number of aryl methyl sites for hydroxylation is 2. The van der Waals surface area contributed by atoms with Crippen molar-refractivity contribution < 1.29 is 4.74 Å². The van der Waals surface area contributed by atoms with Gasteiger partial charge >= 0.3 is 0 Å². The Hall–Kier alpha value is -1.02. The summed E-state index contributed by atoms with van der Waals surface area (Å²) in [4.78, 5) is 0. The maximum atomic E-state index is 6.30. The smallest absolute Gasteiger partial charge is 0.123 e. The van der Waals surface area contributed by atoms with Gasteiger partial charge in [-0.05, 0) is 42.9 Å². The van der Waals surface area contributed by atoms with Gasteiger partial charge in [0.05, 0.1) is 7.11 Å². The van der Waals surface area contributed by atoms with Gasteiger partial charge in [-0.2, -0.15) is 0 Å². The van der Waals surface area contributed by atoms with Crippen LogP contribution in [0.3, 0.4) is 0 Å². The van der Waals surface area contributed by atoms with Gasteiger partial charge in [-0.15, -0.1) is 0 Å². The molecule has 0 bridgehead atoms. The lowest BCUT2D eigenvalue weighted by Gasteiger charge is -2.25. The molecule has 1 aromatic carbocycles. The van der Waals surface area contributed by atoms with Crippen molar-refractivity contribution >= 4 is 0 Å². The first kappa shape index (κ1) is 14.0. The lowest BCUT2D eigenvalue weighted by atomic mass is 9.85. The first-order valence-corrected chi connectivity index (χ1v) is 6.15. The Morgan fingerprint density at radius 2 is 1.71 bits per heavy atom. The number of rotatable bonds is 3. The highest BCUT2D eigenvalue weighted by Crippen LogP contribution is 2.33. The van der Waals surface area contributed by atoms with Crippen LogP contribution in [0, 0.1) is 19.3 Å². The van der Waals surface area contributed by atoms with Gasteiger partial charge in [0.25, 0.3) is 0 Å². The van der Waals surface area contributed by atoms with Crippen LogP contribution in [-0.4, -0.2) is 7.11 Å². The summed E-state index contributed by atoms with van der Waals surface area (Å²) < 4.78 is 5.44. The summed E-state index contributed by atoms with van der Waals surface area (Å²) in [5, 5.41) is 0. The molecule has 0 aromatic heterocycles. The third kappa shape index (κ3) is 3.74. The molecule has 96 valence electrons. The molecule has 0 fully saturated rings. The fraction of sp³-hybridized carbons (Fsp3) is 0.600. The van der Waals surface area contributed by atoms with Crippen molar-refractivity contribution in [1.82, 2.24) is 0 Å². The van der Waals surface area contributed by atoms with Crippen LogP contribution in [0.2, 0.25) is 0 Å². The molecule has 0 radical (unpaired) electrons. The van der Waals surface area contributed by atoms with Crippen LogP contribution in [0.1, 0.15) is 49.9 Å². The van der Waals surface area contributed by atoms with Gasteiger partial charge in [0, 0.05) is 11.6 Å². The fourth-order valence-corrected chi connectivity index (χ4v) is 2.05. The molecule has 0 heterocycles. The molecule has 0 saturated carbocycles. The highest BCUT2D eigenvalue weighted by molar-refractivity contribution is 5.43. The molecular formula is C15H25NO. The van der Waals surface area contributed by atoms with Crippen molar-refractivity contribution in [3.05, 3.63) is 28.8 Å². The van der Waals surface area contributed by atoms with Crippen LogP contribution in [-0.2, 0) is 0 Å².